The molecule has 3 aromatic heterocycles. The van der Waals surface area contributed by atoms with E-state index in [1.54, 1.807) is 11.4 Å². The van der Waals surface area contributed by atoms with Gasteiger partial charge in [-0.1, -0.05) is 31.2 Å². The van der Waals surface area contributed by atoms with Crippen LogP contribution in [0.3, 0.4) is 0 Å². The molecular weight excluding hydrogens is 382 g/mol. The van der Waals surface area contributed by atoms with Crippen molar-refractivity contribution >= 4 is 26.4 Å². The van der Waals surface area contributed by atoms with Crippen LogP contribution in [0.4, 0.5) is 0 Å². The maximum absolute atomic E-state index is 12.5. The van der Waals surface area contributed by atoms with Gasteiger partial charge in [0.25, 0.3) is 10.0 Å². The number of fused-ring (bicyclic) bond motifs is 3. The third kappa shape index (κ3) is 3.05. The van der Waals surface area contributed by atoms with Gasteiger partial charge in [-0.05, 0) is 25.5 Å². The monoisotopic (exact) mass is 401 g/mol. The summed E-state index contributed by atoms with van der Waals surface area (Å²) in [4.78, 5) is 0. The number of hydrogen-bond donors (Lipinski definition) is 2. The van der Waals surface area contributed by atoms with Crippen molar-refractivity contribution in [2.45, 2.75) is 31.4 Å². The van der Waals surface area contributed by atoms with E-state index in [4.69, 9.17) is 4.42 Å². The molecule has 1 aromatic carbocycles. The zero-order valence-electron chi connectivity index (χ0n) is 15.3. The molecule has 0 fully saturated rings. The van der Waals surface area contributed by atoms with E-state index in [0.29, 0.717) is 17.9 Å². The molecule has 0 spiro atoms. The third-order valence-electron chi connectivity index (χ3n) is 4.55. The summed E-state index contributed by atoms with van der Waals surface area (Å²) in [6.07, 6.45) is 0.453. The van der Waals surface area contributed by atoms with Crippen molar-refractivity contribution in [2.75, 3.05) is 6.61 Å². The molecule has 0 unspecified atom stereocenters. The van der Waals surface area contributed by atoms with Crippen LogP contribution in [-0.4, -0.2) is 46.0 Å². The van der Waals surface area contributed by atoms with Crippen LogP contribution in [0.15, 0.2) is 45.9 Å². The summed E-state index contributed by atoms with van der Waals surface area (Å²) < 4.78 is 34.4. The minimum absolute atomic E-state index is 0.229. The van der Waals surface area contributed by atoms with Crippen LogP contribution >= 0.6 is 0 Å². The predicted octanol–water partition coefficient (Wildman–Crippen LogP) is 1.90. The number of hydrogen-bond acceptors (Lipinski definition) is 7. The van der Waals surface area contributed by atoms with E-state index in [0.717, 1.165) is 16.5 Å². The zero-order valence-corrected chi connectivity index (χ0v) is 16.1. The minimum Gasteiger partial charge on any atom is -0.440 e. The van der Waals surface area contributed by atoms with Crippen LogP contribution in [0.25, 0.3) is 28.0 Å². The smallest absolute Gasteiger partial charge is 0.274 e. The molecule has 3 heterocycles. The van der Waals surface area contributed by atoms with Crippen molar-refractivity contribution in [3.8, 4) is 11.6 Å². The standard InChI is InChI=1S/C18H19N5O4S/c1-3-12(10-24)22-28(25,26)16-9-8-15(27-16)18-20-19-17-14-7-5-4-6-13(14)11(2)21-23(17)18/h4-9,12,22,24H,3,10H2,1-2H3/t12-/m1/s1. The van der Waals surface area contributed by atoms with Gasteiger partial charge < -0.3 is 9.52 Å². The van der Waals surface area contributed by atoms with Gasteiger partial charge in [0.1, 0.15) is 0 Å². The Balaban J connectivity index is 1.78. The third-order valence-corrected chi connectivity index (χ3v) is 5.94. The van der Waals surface area contributed by atoms with Gasteiger partial charge in [0.15, 0.2) is 11.4 Å². The topological polar surface area (TPSA) is 123 Å². The maximum Gasteiger partial charge on any atom is 0.274 e. The SMILES string of the molecule is CC[C@H](CO)NS(=O)(=O)c1ccc(-c2nnc3c4ccccc4c(C)nn23)o1. The first-order valence-electron chi connectivity index (χ1n) is 8.78. The number of aliphatic hydroxyl groups is 1. The van der Waals surface area contributed by atoms with Crippen LogP contribution in [0, 0.1) is 6.92 Å². The predicted molar refractivity (Wildman–Crippen MR) is 102 cm³/mol. The fraction of sp³-hybridized carbons (Fsp3) is 0.278. The highest BCUT2D eigenvalue weighted by atomic mass is 32.2. The molecule has 0 aliphatic carbocycles. The molecule has 0 radical (unpaired) electrons. The molecule has 2 N–H and O–H groups in total. The summed E-state index contributed by atoms with van der Waals surface area (Å²) >= 11 is 0. The average molecular weight is 401 g/mol. The minimum atomic E-state index is -3.90. The largest absolute Gasteiger partial charge is 0.440 e. The summed E-state index contributed by atoms with van der Waals surface area (Å²) in [7, 11) is -3.90. The van der Waals surface area contributed by atoms with Crippen LogP contribution in [0.5, 0.6) is 0 Å². The number of furan rings is 1. The zero-order chi connectivity index (χ0) is 19.9. The van der Waals surface area contributed by atoms with E-state index < -0.39 is 16.1 Å². The number of aromatic nitrogens is 4. The average Bonchev–Trinajstić information content (AvgIpc) is 3.34. The Morgan fingerprint density at radius 2 is 1.93 bits per heavy atom. The van der Waals surface area contributed by atoms with Gasteiger partial charge >= 0.3 is 0 Å². The maximum atomic E-state index is 12.5. The Kier molecular flexibility index (Phi) is 4.61. The van der Waals surface area contributed by atoms with Crippen molar-refractivity contribution in [3.63, 3.8) is 0 Å². The van der Waals surface area contributed by atoms with Crippen molar-refractivity contribution in [1.29, 1.82) is 0 Å². The van der Waals surface area contributed by atoms with Crippen molar-refractivity contribution in [1.82, 2.24) is 24.5 Å². The Morgan fingerprint density at radius 1 is 1.18 bits per heavy atom. The van der Waals surface area contributed by atoms with E-state index in [1.165, 1.54) is 12.1 Å². The quantitative estimate of drug-likeness (QED) is 0.506. The number of aliphatic hydroxyl groups excluding tert-OH is 1. The lowest BCUT2D eigenvalue weighted by Gasteiger charge is -2.12. The Labute approximate surface area is 161 Å². The second-order valence-corrected chi connectivity index (χ2v) is 8.06. The second kappa shape index (κ2) is 6.97. The van der Waals surface area contributed by atoms with Crippen LogP contribution < -0.4 is 4.72 Å². The second-order valence-electron chi connectivity index (χ2n) is 6.42. The molecule has 4 rings (SSSR count). The van der Waals surface area contributed by atoms with Gasteiger partial charge in [-0.15, -0.1) is 10.2 Å². The highest BCUT2D eigenvalue weighted by molar-refractivity contribution is 7.89. The number of nitrogens with zero attached hydrogens (tertiary/aromatic N) is 4. The summed E-state index contributed by atoms with van der Waals surface area (Å²) in [6, 6.07) is 10.00. The fourth-order valence-corrected chi connectivity index (χ4v) is 4.25. The van der Waals surface area contributed by atoms with Crippen molar-refractivity contribution in [2.24, 2.45) is 0 Å². The number of nitrogens with one attached hydrogen (secondary N) is 1. The lowest BCUT2D eigenvalue weighted by Crippen LogP contribution is -2.36. The number of sulfonamides is 1. The first-order valence-corrected chi connectivity index (χ1v) is 10.3. The van der Waals surface area contributed by atoms with E-state index in [2.05, 4.69) is 20.0 Å². The summed E-state index contributed by atoms with van der Waals surface area (Å²) in [5.74, 6) is 0.534. The summed E-state index contributed by atoms with van der Waals surface area (Å²) in [5.41, 5.74) is 1.35. The number of benzene rings is 1. The molecule has 1 atom stereocenters. The lowest BCUT2D eigenvalue weighted by atomic mass is 10.1. The van der Waals surface area contributed by atoms with Gasteiger partial charge in [0.05, 0.1) is 12.3 Å². The van der Waals surface area contributed by atoms with Crippen LogP contribution in [0.2, 0.25) is 0 Å². The van der Waals surface area contributed by atoms with Gasteiger partial charge in [-0.2, -0.15) is 9.61 Å². The van der Waals surface area contributed by atoms with Crippen LogP contribution in [-0.2, 0) is 10.0 Å². The molecule has 0 bridgehead atoms. The highest BCUT2D eigenvalue weighted by Crippen LogP contribution is 2.27. The van der Waals surface area contributed by atoms with Gasteiger partial charge in [-0.25, -0.2) is 13.1 Å². The molecule has 28 heavy (non-hydrogen) atoms. The molecule has 146 valence electrons. The van der Waals surface area contributed by atoms with Gasteiger partial charge in [0, 0.05) is 16.8 Å². The van der Waals surface area contributed by atoms with E-state index in [-0.39, 0.29) is 17.5 Å². The Bertz CT molecular complexity index is 1260. The molecule has 0 saturated heterocycles. The normalized spacial score (nSPS) is 13.4. The molecule has 4 aromatic rings. The van der Waals surface area contributed by atoms with E-state index in [1.807, 2.05) is 31.2 Å². The molecule has 0 amide bonds. The lowest BCUT2D eigenvalue weighted by molar-refractivity contribution is 0.253. The molecule has 0 aliphatic heterocycles. The highest BCUT2D eigenvalue weighted by Gasteiger charge is 2.24. The summed E-state index contributed by atoms with van der Waals surface area (Å²) in [5, 5.41) is 23.7. The summed E-state index contributed by atoms with van der Waals surface area (Å²) in [6.45, 7) is 3.36. The molecule has 0 saturated carbocycles. The molecular formula is C18H19N5O4S. The van der Waals surface area contributed by atoms with E-state index >= 15 is 0 Å². The first kappa shape index (κ1) is 18.5. The number of rotatable bonds is 6. The molecule has 0 aliphatic rings. The Hall–Kier alpha value is -2.82. The van der Waals surface area contributed by atoms with Crippen molar-refractivity contribution < 1.29 is 17.9 Å². The van der Waals surface area contributed by atoms with Crippen molar-refractivity contribution in [3.05, 3.63) is 42.1 Å². The fourth-order valence-electron chi connectivity index (χ4n) is 3.01. The van der Waals surface area contributed by atoms with Crippen LogP contribution in [0.1, 0.15) is 19.0 Å². The van der Waals surface area contributed by atoms with Gasteiger partial charge in [-0.3, -0.25) is 0 Å². The Morgan fingerprint density at radius 3 is 2.64 bits per heavy atom. The molecule has 10 heteroatoms. The molecule has 9 nitrogen and oxygen atoms in total. The number of aryl methyl sites for hydroxylation is 1. The first-order chi connectivity index (χ1) is 13.4. The van der Waals surface area contributed by atoms with E-state index in [9.17, 15) is 13.5 Å². The van der Waals surface area contributed by atoms with Gasteiger partial charge in [0.2, 0.25) is 10.9 Å².